The van der Waals surface area contributed by atoms with Crippen molar-refractivity contribution in [1.29, 1.82) is 0 Å². The van der Waals surface area contributed by atoms with E-state index in [-0.39, 0.29) is 18.3 Å². The number of fused-ring (bicyclic) bond motifs is 1. The summed E-state index contributed by atoms with van der Waals surface area (Å²) in [5.41, 5.74) is 1.96. The maximum atomic E-state index is 13.1. The average Bonchev–Trinajstić information content (AvgIpc) is 3.32. The summed E-state index contributed by atoms with van der Waals surface area (Å²) < 4.78 is 0.948. The first-order valence-corrected chi connectivity index (χ1v) is 11.2. The Hall–Kier alpha value is -1.18. The van der Waals surface area contributed by atoms with Crippen LogP contribution >= 0.6 is 46.7 Å². The van der Waals surface area contributed by atoms with Crippen LogP contribution in [-0.2, 0) is 11.2 Å². The van der Waals surface area contributed by atoms with Crippen LogP contribution in [0.1, 0.15) is 24.3 Å². The van der Waals surface area contributed by atoms with E-state index in [2.05, 4.69) is 18.7 Å². The fourth-order valence-electron chi connectivity index (χ4n) is 2.97. The Kier molecular flexibility index (Phi) is 8.71. The van der Waals surface area contributed by atoms with E-state index in [9.17, 15) is 4.79 Å². The number of likely N-dealkylation sites (N-methyl/N-ethyl adjacent to an activating group) is 1. The van der Waals surface area contributed by atoms with Crippen LogP contribution in [-0.4, -0.2) is 42.0 Å². The average molecular weight is 458 g/mol. The van der Waals surface area contributed by atoms with E-state index in [1.54, 1.807) is 11.3 Å². The molecule has 0 aliphatic heterocycles. The van der Waals surface area contributed by atoms with Crippen LogP contribution in [0, 0.1) is 6.92 Å². The minimum atomic E-state index is 0. The maximum absolute atomic E-state index is 13.1. The van der Waals surface area contributed by atoms with Crippen LogP contribution in [0.4, 0.5) is 5.13 Å². The lowest BCUT2D eigenvalue weighted by Crippen LogP contribution is -2.39. The number of carbonyl (C=O) groups excluding carboxylic acids is 1. The number of anilines is 1. The van der Waals surface area contributed by atoms with Gasteiger partial charge in [0.15, 0.2) is 5.13 Å². The van der Waals surface area contributed by atoms with E-state index in [1.807, 2.05) is 41.5 Å². The van der Waals surface area contributed by atoms with E-state index in [1.165, 1.54) is 11.3 Å². The maximum Gasteiger partial charge on any atom is 0.234 e. The third-order valence-corrected chi connectivity index (χ3v) is 7.07. The number of aromatic nitrogens is 1. The number of halogens is 2. The van der Waals surface area contributed by atoms with Crippen LogP contribution in [0.15, 0.2) is 29.6 Å². The van der Waals surface area contributed by atoms with Crippen molar-refractivity contribution in [3.8, 4) is 0 Å². The highest BCUT2D eigenvalue weighted by atomic mass is 35.5. The van der Waals surface area contributed by atoms with Gasteiger partial charge in [-0.3, -0.25) is 9.69 Å². The summed E-state index contributed by atoms with van der Waals surface area (Å²) >= 11 is 9.49. The van der Waals surface area contributed by atoms with Gasteiger partial charge in [0.2, 0.25) is 5.91 Å². The van der Waals surface area contributed by atoms with Gasteiger partial charge in [-0.05, 0) is 43.1 Å². The third-order valence-electron chi connectivity index (χ3n) is 4.66. The number of nitrogens with zero attached hydrogens (tertiary/aromatic N) is 3. The van der Waals surface area contributed by atoms with Crippen LogP contribution in [0.5, 0.6) is 0 Å². The molecule has 1 aromatic carbocycles. The lowest BCUT2D eigenvalue weighted by atomic mass is 10.2. The lowest BCUT2D eigenvalue weighted by molar-refractivity contribution is -0.118. The van der Waals surface area contributed by atoms with Gasteiger partial charge >= 0.3 is 0 Å². The molecule has 0 fully saturated rings. The number of amides is 1. The molecule has 3 aromatic rings. The monoisotopic (exact) mass is 457 g/mol. The van der Waals surface area contributed by atoms with Gasteiger partial charge in [-0.15, -0.1) is 23.7 Å². The number of carbonyl (C=O) groups is 1. The first-order valence-electron chi connectivity index (χ1n) is 9.14. The van der Waals surface area contributed by atoms with Gasteiger partial charge < -0.3 is 4.90 Å². The zero-order valence-corrected chi connectivity index (χ0v) is 19.5. The SMILES string of the molecule is CCN(CC)CCN(C(=O)Cc1cccs1)c1nc2c(C)ccc(Cl)c2s1.Cl. The number of rotatable bonds is 8. The molecule has 8 heteroatoms. The van der Waals surface area contributed by atoms with Crippen molar-refractivity contribution in [2.24, 2.45) is 0 Å². The zero-order chi connectivity index (χ0) is 19.4. The predicted molar refractivity (Wildman–Crippen MR) is 125 cm³/mol. The molecule has 1 amide bonds. The number of hydrogen-bond acceptors (Lipinski definition) is 5. The van der Waals surface area contributed by atoms with Crippen molar-refractivity contribution in [3.63, 3.8) is 0 Å². The van der Waals surface area contributed by atoms with Gasteiger partial charge in [0.1, 0.15) is 0 Å². The van der Waals surface area contributed by atoms with E-state index in [0.29, 0.717) is 18.0 Å². The Morgan fingerprint density at radius 1 is 1.18 bits per heavy atom. The Morgan fingerprint density at radius 3 is 2.54 bits per heavy atom. The first kappa shape index (κ1) is 23.1. The van der Waals surface area contributed by atoms with Crippen LogP contribution in [0.3, 0.4) is 0 Å². The number of hydrogen-bond donors (Lipinski definition) is 0. The van der Waals surface area contributed by atoms with Crippen LogP contribution in [0.25, 0.3) is 10.2 Å². The topological polar surface area (TPSA) is 36.4 Å². The Morgan fingerprint density at radius 2 is 1.93 bits per heavy atom. The minimum absolute atomic E-state index is 0. The molecule has 0 bridgehead atoms. The van der Waals surface area contributed by atoms with E-state index >= 15 is 0 Å². The minimum Gasteiger partial charge on any atom is -0.302 e. The molecular weight excluding hydrogens is 433 g/mol. The van der Waals surface area contributed by atoms with Gasteiger partial charge in [0, 0.05) is 18.0 Å². The summed E-state index contributed by atoms with van der Waals surface area (Å²) in [4.78, 5) is 23.1. The molecule has 0 saturated carbocycles. The van der Waals surface area contributed by atoms with Gasteiger partial charge in [0.25, 0.3) is 0 Å². The van der Waals surface area contributed by atoms with Crippen LogP contribution < -0.4 is 4.90 Å². The predicted octanol–water partition coefficient (Wildman–Crippen LogP) is 5.66. The summed E-state index contributed by atoms with van der Waals surface area (Å²) in [5, 5.41) is 3.42. The number of thiazole rings is 1. The standard InChI is InChI=1S/C20H24ClN3OS2.ClH/c1-4-23(5-2)10-11-24(17(25)13-15-7-6-12-26-15)20-22-18-14(3)8-9-16(21)19(18)27-20;/h6-9,12H,4-5,10-11,13H2,1-3H3;1H. The van der Waals surface area contributed by atoms with Crippen molar-refractivity contribution in [2.75, 3.05) is 31.1 Å². The molecule has 2 aromatic heterocycles. The molecule has 0 N–H and O–H groups in total. The summed E-state index contributed by atoms with van der Waals surface area (Å²) in [6.45, 7) is 9.69. The molecule has 0 spiro atoms. The van der Waals surface area contributed by atoms with Crippen molar-refractivity contribution in [3.05, 3.63) is 45.1 Å². The normalized spacial score (nSPS) is 11.0. The Bertz CT molecular complexity index is 869. The van der Waals surface area contributed by atoms with Gasteiger partial charge in [-0.2, -0.15) is 0 Å². The quantitative estimate of drug-likeness (QED) is 0.437. The second kappa shape index (κ2) is 10.6. The highest BCUT2D eigenvalue weighted by molar-refractivity contribution is 7.23. The fourth-order valence-corrected chi connectivity index (χ4v) is 5.03. The first-order chi connectivity index (χ1) is 13.0. The summed E-state index contributed by atoms with van der Waals surface area (Å²) in [7, 11) is 0. The molecule has 28 heavy (non-hydrogen) atoms. The Labute approximate surface area is 185 Å². The summed E-state index contributed by atoms with van der Waals surface area (Å²) in [6.07, 6.45) is 0.401. The molecule has 0 radical (unpaired) electrons. The van der Waals surface area contributed by atoms with Gasteiger partial charge in [-0.1, -0.05) is 48.9 Å². The van der Waals surface area contributed by atoms with Gasteiger partial charge in [-0.25, -0.2) is 4.98 Å². The molecule has 3 rings (SSSR count). The molecule has 152 valence electrons. The van der Waals surface area contributed by atoms with Crippen molar-refractivity contribution < 1.29 is 4.79 Å². The summed E-state index contributed by atoms with van der Waals surface area (Å²) in [6, 6.07) is 7.86. The lowest BCUT2D eigenvalue weighted by Gasteiger charge is -2.24. The smallest absolute Gasteiger partial charge is 0.234 e. The van der Waals surface area contributed by atoms with E-state index in [0.717, 1.165) is 45.4 Å². The molecular formula is C20H25Cl2N3OS2. The molecule has 2 heterocycles. The Balaban J connectivity index is 0.00000280. The van der Waals surface area contributed by atoms with Gasteiger partial charge in [0.05, 0.1) is 21.7 Å². The second-order valence-electron chi connectivity index (χ2n) is 6.37. The second-order valence-corrected chi connectivity index (χ2v) is 8.78. The van der Waals surface area contributed by atoms with E-state index < -0.39 is 0 Å². The zero-order valence-electron chi connectivity index (χ0n) is 16.3. The number of thiophene rings is 1. The van der Waals surface area contributed by atoms with Crippen molar-refractivity contribution >= 4 is 67.9 Å². The highest BCUT2D eigenvalue weighted by Crippen LogP contribution is 2.35. The molecule has 0 aliphatic carbocycles. The fraction of sp³-hybridized carbons (Fsp3) is 0.400. The van der Waals surface area contributed by atoms with Crippen molar-refractivity contribution in [2.45, 2.75) is 27.2 Å². The number of benzene rings is 1. The molecule has 4 nitrogen and oxygen atoms in total. The molecule has 0 saturated heterocycles. The van der Waals surface area contributed by atoms with Crippen molar-refractivity contribution in [1.82, 2.24) is 9.88 Å². The molecule has 0 aliphatic rings. The number of aryl methyl sites for hydroxylation is 1. The molecule has 0 unspecified atom stereocenters. The largest absolute Gasteiger partial charge is 0.302 e. The molecule has 0 atom stereocenters. The van der Waals surface area contributed by atoms with E-state index in [4.69, 9.17) is 16.6 Å². The van der Waals surface area contributed by atoms with Crippen LogP contribution in [0.2, 0.25) is 5.02 Å². The highest BCUT2D eigenvalue weighted by Gasteiger charge is 2.22. The third kappa shape index (κ3) is 5.24. The summed E-state index contributed by atoms with van der Waals surface area (Å²) in [5.74, 6) is 0.0810.